The van der Waals surface area contributed by atoms with Crippen molar-refractivity contribution < 1.29 is 14.4 Å². The fraction of sp³-hybridized carbons (Fsp3) is 0.167. The smallest absolute Gasteiger partial charge is 0.318 e. The Balaban J connectivity index is 2.24. The number of urea groups is 1. The van der Waals surface area contributed by atoms with Crippen molar-refractivity contribution in [2.45, 2.75) is 24.1 Å². The summed E-state index contributed by atoms with van der Waals surface area (Å²) < 4.78 is 0. The van der Waals surface area contributed by atoms with Gasteiger partial charge in [-0.15, -0.1) is 0 Å². The summed E-state index contributed by atoms with van der Waals surface area (Å²) in [6.07, 6.45) is 0. The van der Waals surface area contributed by atoms with Gasteiger partial charge in [-0.1, -0.05) is 30.0 Å². The first kappa shape index (κ1) is 19.9. The van der Waals surface area contributed by atoms with Crippen LogP contribution in [0.1, 0.15) is 28.5 Å². The van der Waals surface area contributed by atoms with Crippen molar-refractivity contribution >= 4 is 35.3 Å². The highest BCUT2D eigenvalue weighted by Crippen LogP contribution is 2.27. The van der Waals surface area contributed by atoms with Crippen LogP contribution in [0, 0.1) is 18.3 Å². The molecular weight excluding hydrogens is 366 g/mol. The van der Waals surface area contributed by atoms with Crippen molar-refractivity contribution in [1.82, 2.24) is 10.3 Å². The first-order chi connectivity index (χ1) is 12.8. The Morgan fingerprint density at radius 3 is 2.52 bits per heavy atom. The molecule has 4 amide bonds. The molecule has 0 radical (unpaired) electrons. The maximum Gasteiger partial charge on any atom is 0.318 e. The van der Waals surface area contributed by atoms with Gasteiger partial charge in [0.05, 0.1) is 22.1 Å². The molecule has 9 heteroatoms. The predicted molar refractivity (Wildman–Crippen MR) is 101 cm³/mol. The number of thioether (sulfide) groups is 1. The molecule has 2 rings (SSSR count). The number of aryl methyl sites for hydroxylation is 1. The van der Waals surface area contributed by atoms with Gasteiger partial charge >= 0.3 is 6.03 Å². The number of amides is 4. The number of primary amides is 1. The van der Waals surface area contributed by atoms with Crippen LogP contribution >= 0.6 is 11.8 Å². The van der Waals surface area contributed by atoms with Gasteiger partial charge in [-0.05, 0) is 32.0 Å². The molecule has 0 aliphatic rings. The van der Waals surface area contributed by atoms with E-state index in [1.165, 1.54) is 6.07 Å². The average molecular weight is 383 g/mol. The first-order valence-corrected chi connectivity index (χ1v) is 8.75. The molecule has 1 aromatic heterocycles. The second-order valence-electron chi connectivity index (χ2n) is 5.52. The van der Waals surface area contributed by atoms with Gasteiger partial charge in [0, 0.05) is 5.69 Å². The Bertz CT molecular complexity index is 925. The lowest BCUT2D eigenvalue weighted by atomic mass is 10.1. The van der Waals surface area contributed by atoms with Crippen LogP contribution in [0.4, 0.5) is 10.5 Å². The van der Waals surface area contributed by atoms with E-state index in [1.54, 1.807) is 38.1 Å². The highest BCUT2D eigenvalue weighted by molar-refractivity contribution is 8.00. The summed E-state index contributed by atoms with van der Waals surface area (Å²) >= 11 is 0.998. The summed E-state index contributed by atoms with van der Waals surface area (Å²) in [4.78, 5) is 39.4. The summed E-state index contributed by atoms with van der Waals surface area (Å²) in [7, 11) is 0. The summed E-state index contributed by atoms with van der Waals surface area (Å²) in [6, 6.07) is 11.4. The van der Waals surface area contributed by atoms with Crippen molar-refractivity contribution in [3.8, 4) is 6.07 Å². The van der Waals surface area contributed by atoms with E-state index in [0.717, 1.165) is 11.8 Å². The third kappa shape index (κ3) is 5.29. The number of nitriles is 1. The van der Waals surface area contributed by atoms with E-state index in [-0.39, 0.29) is 11.1 Å². The van der Waals surface area contributed by atoms with Crippen molar-refractivity contribution in [2.75, 3.05) is 5.32 Å². The maximum atomic E-state index is 12.5. The van der Waals surface area contributed by atoms with E-state index in [4.69, 9.17) is 5.73 Å². The lowest BCUT2D eigenvalue weighted by Gasteiger charge is -2.13. The highest BCUT2D eigenvalue weighted by Gasteiger charge is 2.21. The van der Waals surface area contributed by atoms with Crippen LogP contribution in [-0.4, -0.2) is 28.1 Å². The van der Waals surface area contributed by atoms with Gasteiger partial charge in [-0.25, -0.2) is 9.78 Å². The zero-order chi connectivity index (χ0) is 20.0. The van der Waals surface area contributed by atoms with Gasteiger partial charge in [0.15, 0.2) is 0 Å². The van der Waals surface area contributed by atoms with Crippen LogP contribution in [0.2, 0.25) is 0 Å². The van der Waals surface area contributed by atoms with E-state index < -0.39 is 23.1 Å². The number of anilines is 1. The number of nitrogens with one attached hydrogen (secondary N) is 2. The maximum absolute atomic E-state index is 12.5. The third-order valence-electron chi connectivity index (χ3n) is 3.48. The molecule has 0 bridgehead atoms. The molecule has 1 atom stereocenters. The largest absolute Gasteiger partial charge is 0.351 e. The Labute approximate surface area is 160 Å². The van der Waals surface area contributed by atoms with E-state index >= 15 is 0 Å². The molecule has 8 nitrogen and oxygen atoms in total. The fourth-order valence-corrected chi connectivity index (χ4v) is 3.07. The van der Waals surface area contributed by atoms with Gasteiger partial charge in [0.2, 0.25) is 5.91 Å². The van der Waals surface area contributed by atoms with E-state index in [1.807, 2.05) is 17.5 Å². The predicted octanol–water partition coefficient (Wildman–Crippen LogP) is 2.19. The van der Waals surface area contributed by atoms with Gasteiger partial charge in [-0.3, -0.25) is 14.9 Å². The normalized spacial score (nSPS) is 11.1. The molecule has 0 spiro atoms. The van der Waals surface area contributed by atoms with Crippen LogP contribution < -0.4 is 16.4 Å². The Kier molecular flexibility index (Phi) is 6.51. The van der Waals surface area contributed by atoms with Gasteiger partial charge in [-0.2, -0.15) is 5.26 Å². The van der Waals surface area contributed by atoms with E-state index in [9.17, 15) is 19.6 Å². The molecule has 0 aliphatic heterocycles. The van der Waals surface area contributed by atoms with Crippen LogP contribution in [0.3, 0.4) is 0 Å². The monoisotopic (exact) mass is 383 g/mol. The number of hydrogen-bond acceptors (Lipinski definition) is 6. The summed E-state index contributed by atoms with van der Waals surface area (Å²) in [5, 5.41) is 13.7. The molecule has 0 aliphatic carbocycles. The topological polar surface area (TPSA) is 138 Å². The van der Waals surface area contributed by atoms with Crippen LogP contribution in [0.15, 0.2) is 41.4 Å². The average Bonchev–Trinajstić information content (AvgIpc) is 2.62. The first-order valence-electron chi connectivity index (χ1n) is 7.87. The zero-order valence-electron chi connectivity index (χ0n) is 14.6. The minimum atomic E-state index is -0.954. The number of carbonyl (C=O) groups is 3. The molecule has 1 aromatic carbocycles. The molecule has 4 N–H and O–H groups in total. The molecule has 27 heavy (non-hydrogen) atoms. The Morgan fingerprint density at radius 2 is 1.93 bits per heavy atom. The molecule has 1 unspecified atom stereocenters. The molecule has 0 fully saturated rings. The fourth-order valence-electron chi connectivity index (χ4n) is 2.15. The van der Waals surface area contributed by atoms with Crippen molar-refractivity contribution in [3.05, 3.63) is 53.2 Å². The Morgan fingerprint density at radius 1 is 1.26 bits per heavy atom. The van der Waals surface area contributed by atoms with Gasteiger partial charge in [0.1, 0.15) is 11.1 Å². The number of carbonyl (C=O) groups excluding carboxylic acids is 3. The minimum absolute atomic E-state index is 0.155. The Hall–Kier alpha value is -3.38. The van der Waals surface area contributed by atoms with E-state index in [0.29, 0.717) is 16.4 Å². The second kappa shape index (κ2) is 8.82. The molecule has 0 saturated carbocycles. The van der Waals surface area contributed by atoms with Gasteiger partial charge in [0.25, 0.3) is 5.91 Å². The zero-order valence-corrected chi connectivity index (χ0v) is 15.5. The highest BCUT2D eigenvalue weighted by atomic mass is 32.2. The number of benzene rings is 1. The summed E-state index contributed by atoms with van der Waals surface area (Å²) in [5.41, 5.74) is 6.37. The van der Waals surface area contributed by atoms with E-state index in [2.05, 4.69) is 10.3 Å². The lowest BCUT2D eigenvalue weighted by molar-refractivity contribution is -0.119. The quantitative estimate of drug-likeness (QED) is 0.677. The number of nitrogens with zero attached hydrogens (tertiary/aromatic N) is 2. The van der Waals surface area contributed by atoms with Crippen molar-refractivity contribution in [1.29, 1.82) is 5.26 Å². The number of hydrogen-bond donors (Lipinski definition) is 3. The standard InChI is InChI=1S/C18H17N5O3S/c1-10-14(16(25)22-13-6-4-3-5-7-13)8-12(9-19)17(21-10)27-11(2)15(24)23-18(20)26/h3-8,11H,1-2H3,(H,22,25)(H3,20,23,24,26). The molecule has 2 aromatic rings. The van der Waals surface area contributed by atoms with Crippen molar-refractivity contribution in [3.63, 3.8) is 0 Å². The van der Waals surface area contributed by atoms with Crippen molar-refractivity contribution in [2.24, 2.45) is 5.73 Å². The lowest BCUT2D eigenvalue weighted by Crippen LogP contribution is -2.39. The molecule has 0 saturated heterocycles. The number of imide groups is 1. The SMILES string of the molecule is Cc1nc(SC(C)C(=O)NC(N)=O)c(C#N)cc1C(=O)Nc1ccccc1. The van der Waals surface area contributed by atoms with Gasteiger partial charge < -0.3 is 11.1 Å². The number of pyridine rings is 1. The van der Waals surface area contributed by atoms with Crippen LogP contribution in [0.25, 0.3) is 0 Å². The third-order valence-corrected chi connectivity index (χ3v) is 4.58. The second-order valence-corrected chi connectivity index (χ2v) is 6.85. The molecule has 138 valence electrons. The van der Waals surface area contributed by atoms with Crippen LogP contribution in [0.5, 0.6) is 0 Å². The van der Waals surface area contributed by atoms with Crippen LogP contribution in [-0.2, 0) is 4.79 Å². The number of aromatic nitrogens is 1. The number of nitrogens with two attached hydrogens (primary N) is 1. The number of para-hydroxylation sites is 1. The molecule has 1 heterocycles. The summed E-state index contributed by atoms with van der Waals surface area (Å²) in [5.74, 6) is -0.986. The molecular formula is C18H17N5O3S. The number of rotatable bonds is 5. The summed E-state index contributed by atoms with van der Waals surface area (Å²) in [6.45, 7) is 3.19. The minimum Gasteiger partial charge on any atom is -0.351 e.